The Bertz CT molecular complexity index is 1430. The number of ether oxygens (including phenoxy) is 1. The number of sulfonamides is 1. The van der Waals surface area contributed by atoms with E-state index in [1.54, 1.807) is 43.3 Å². The lowest BCUT2D eigenvalue weighted by atomic mass is 10.1. The second kappa shape index (κ2) is 14.5. The number of rotatable bonds is 13. The Morgan fingerprint density at radius 2 is 1.63 bits per heavy atom. The summed E-state index contributed by atoms with van der Waals surface area (Å²) in [6.45, 7) is 9.44. The molecule has 0 aliphatic carbocycles. The molecule has 0 aliphatic rings. The largest absolute Gasteiger partial charge is 0.494 e. The molecule has 8 nitrogen and oxygen atoms in total. The molecule has 0 saturated carbocycles. The van der Waals surface area contributed by atoms with E-state index >= 15 is 0 Å². The third kappa shape index (κ3) is 8.56. The number of hydrogen-bond donors (Lipinski definition) is 1. The minimum absolute atomic E-state index is 0.0372. The number of carbonyl (C=O) groups excluding carboxylic acids is 2. The predicted molar refractivity (Wildman–Crippen MR) is 165 cm³/mol. The van der Waals surface area contributed by atoms with E-state index < -0.39 is 28.5 Å². The van der Waals surface area contributed by atoms with Crippen molar-refractivity contribution in [3.63, 3.8) is 0 Å². The number of benzene rings is 3. The maximum Gasteiger partial charge on any atom is 0.264 e. The number of carbonyl (C=O) groups is 2. The minimum atomic E-state index is -4.15. The van der Waals surface area contributed by atoms with Crippen molar-refractivity contribution < 1.29 is 22.7 Å². The van der Waals surface area contributed by atoms with E-state index in [-0.39, 0.29) is 23.4 Å². The molecule has 1 N–H and O–H groups in total. The zero-order valence-corrected chi connectivity index (χ0v) is 26.5. The topological polar surface area (TPSA) is 96.0 Å². The highest BCUT2D eigenvalue weighted by atomic mass is 79.9. The van der Waals surface area contributed by atoms with Crippen molar-refractivity contribution in [1.82, 2.24) is 10.2 Å². The maximum atomic E-state index is 14.0. The van der Waals surface area contributed by atoms with Crippen LogP contribution in [0.2, 0.25) is 0 Å². The Morgan fingerprint density at radius 1 is 0.976 bits per heavy atom. The third-order valence-electron chi connectivity index (χ3n) is 6.72. The first-order chi connectivity index (χ1) is 19.5. The van der Waals surface area contributed by atoms with E-state index in [9.17, 15) is 18.0 Å². The van der Waals surface area contributed by atoms with Crippen LogP contribution < -0.4 is 14.4 Å². The molecule has 2 atom stereocenters. The van der Waals surface area contributed by atoms with Gasteiger partial charge in [0.15, 0.2) is 0 Å². The highest BCUT2D eigenvalue weighted by molar-refractivity contribution is 9.10. The molecule has 0 unspecified atom stereocenters. The van der Waals surface area contributed by atoms with Gasteiger partial charge in [-0.15, -0.1) is 0 Å². The number of hydrogen-bond acceptors (Lipinski definition) is 5. The van der Waals surface area contributed by atoms with Gasteiger partial charge in [0.05, 0.1) is 17.2 Å². The summed E-state index contributed by atoms with van der Waals surface area (Å²) in [5.74, 6) is -0.225. The summed E-state index contributed by atoms with van der Waals surface area (Å²) in [4.78, 5) is 28.7. The van der Waals surface area contributed by atoms with Crippen molar-refractivity contribution in [2.24, 2.45) is 0 Å². The van der Waals surface area contributed by atoms with Gasteiger partial charge in [0.1, 0.15) is 18.3 Å². The lowest BCUT2D eigenvalue weighted by molar-refractivity contribution is -0.139. The van der Waals surface area contributed by atoms with Gasteiger partial charge in [-0.05, 0) is 88.2 Å². The van der Waals surface area contributed by atoms with Crippen LogP contribution in [-0.4, -0.2) is 50.4 Å². The number of nitrogens with zero attached hydrogens (tertiary/aromatic N) is 2. The molecule has 220 valence electrons. The van der Waals surface area contributed by atoms with Gasteiger partial charge in [-0.3, -0.25) is 13.9 Å². The molecule has 3 aromatic rings. The third-order valence-corrected chi connectivity index (χ3v) is 9.04. The van der Waals surface area contributed by atoms with Crippen LogP contribution in [0.25, 0.3) is 0 Å². The van der Waals surface area contributed by atoms with Gasteiger partial charge in [0, 0.05) is 17.1 Å². The van der Waals surface area contributed by atoms with Crippen molar-refractivity contribution >= 4 is 43.5 Å². The Morgan fingerprint density at radius 3 is 2.22 bits per heavy atom. The van der Waals surface area contributed by atoms with Gasteiger partial charge in [-0.25, -0.2) is 8.42 Å². The number of anilines is 1. The maximum absolute atomic E-state index is 14.0. The monoisotopic (exact) mass is 643 g/mol. The van der Waals surface area contributed by atoms with Crippen LogP contribution in [0, 0.1) is 6.92 Å². The van der Waals surface area contributed by atoms with Crippen LogP contribution in [-0.2, 0) is 26.2 Å². The molecule has 10 heteroatoms. The van der Waals surface area contributed by atoms with E-state index in [1.807, 2.05) is 52.0 Å². The average molecular weight is 645 g/mol. The first kappa shape index (κ1) is 32.1. The number of nitrogens with one attached hydrogen (secondary N) is 1. The van der Waals surface area contributed by atoms with Crippen LogP contribution >= 0.6 is 15.9 Å². The highest BCUT2D eigenvalue weighted by Crippen LogP contribution is 2.27. The SMILES string of the molecule is CCOc1ccc(N(CC(=O)N(Cc2cccc(C)c2)[C@H](C)C(=O)N[C@@H](C)CC)S(=O)(=O)c2ccc(Br)cc2)cc1. The molecule has 0 aromatic heterocycles. The fourth-order valence-corrected chi connectivity index (χ4v) is 5.87. The van der Waals surface area contributed by atoms with E-state index in [0.717, 1.165) is 26.3 Å². The summed E-state index contributed by atoms with van der Waals surface area (Å²) in [7, 11) is -4.15. The number of halogens is 1. The Labute approximate surface area is 251 Å². The average Bonchev–Trinajstić information content (AvgIpc) is 2.95. The second-order valence-electron chi connectivity index (χ2n) is 9.90. The van der Waals surface area contributed by atoms with E-state index in [0.29, 0.717) is 18.0 Å². The second-order valence-corrected chi connectivity index (χ2v) is 12.7. The van der Waals surface area contributed by atoms with Gasteiger partial charge in [-0.2, -0.15) is 0 Å². The van der Waals surface area contributed by atoms with Crippen molar-refractivity contribution in [3.8, 4) is 5.75 Å². The van der Waals surface area contributed by atoms with E-state index in [1.165, 1.54) is 17.0 Å². The molecule has 0 fully saturated rings. The quantitative estimate of drug-likeness (QED) is 0.258. The fraction of sp³-hybridized carbons (Fsp3) is 0.355. The summed E-state index contributed by atoms with van der Waals surface area (Å²) < 4.78 is 35.2. The molecule has 0 spiro atoms. The molecule has 3 rings (SSSR count). The van der Waals surface area contributed by atoms with Crippen LogP contribution in [0.15, 0.2) is 82.2 Å². The summed E-state index contributed by atoms with van der Waals surface area (Å²) in [6.07, 6.45) is 0.737. The van der Waals surface area contributed by atoms with Gasteiger partial charge in [0.2, 0.25) is 11.8 Å². The van der Waals surface area contributed by atoms with Crippen LogP contribution in [0.3, 0.4) is 0 Å². The molecule has 0 radical (unpaired) electrons. The van der Waals surface area contributed by atoms with Gasteiger partial charge in [-0.1, -0.05) is 52.7 Å². The number of aryl methyl sites for hydroxylation is 1. The molecule has 2 amide bonds. The summed E-state index contributed by atoms with van der Waals surface area (Å²) in [5, 5.41) is 2.94. The molecule has 0 saturated heterocycles. The van der Waals surface area contributed by atoms with Crippen LogP contribution in [0.5, 0.6) is 5.75 Å². The summed E-state index contributed by atoms with van der Waals surface area (Å²) in [5.41, 5.74) is 2.15. The Hall–Kier alpha value is -3.37. The van der Waals surface area contributed by atoms with Crippen LogP contribution in [0.1, 0.15) is 45.2 Å². The highest BCUT2D eigenvalue weighted by Gasteiger charge is 2.32. The summed E-state index contributed by atoms with van der Waals surface area (Å²) in [6, 6.07) is 19.6. The molecule has 3 aromatic carbocycles. The molecular formula is C31H38BrN3O5S. The zero-order chi connectivity index (χ0) is 30.2. The van der Waals surface area contributed by atoms with Crippen molar-refractivity contribution in [1.29, 1.82) is 0 Å². The smallest absolute Gasteiger partial charge is 0.264 e. The first-order valence-corrected chi connectivity index (χ1v) is 15.9. The Kier molecular flexibility index (Phi) is 11.4. The lowest BCUT2D eigenvalue weighted by Gasteiger charge is -2.32. The van der Waals surface area contributed by atoms with Crippen molar-refractivity contribution in [2.75, 3.05) is 17.5 Å². The standard InChI is InChI=1S/C31H38BrN3O5S/c1-6-23(4)33-31(37)24(5)34(20-25-10-8-9-22(3)19-25)30(36)21-35(27-13-15-28(16-14-27)40-7-2)41(38,39)29-17-11-26(32)12-18-29/h8-19,23-24H,6-7,20-21H2,1-5H3,(H,33,37)/t23-,24+/m0/s1. The van der Waals surface area contributed by atoms with Gasteiger partial charge >= 0.3 is 0 Å². The predicted octanol–water partition coefficient (Wildman–Crippen LogP) is 5.68. The normalized spacial score (nSPS) is 12.7. The fourth-order valence-electron chi connectivity index (χ4n) is 4.19. The molecule has 41 heavy (non-hydrogen) atoms. The van der Waals surface area contributed by atoms with Gasteiger partial charge in [0.25, 0.3) is 10.0 Å². The summed E-state index contributed by atoms with van der Waals surface area (Å²) >= 11 is 3.34. The molecule has 0 bridgehead atoms. The molecular weight excluding hydrogens is 606 g/mol. The van der Waals surface area contributed by atoms with Crippen molar-refractivity contribution in [2.45, 2.75) is 64.6 Å². The minimum Gasteiger partial charge on any atom is -0.494 e. The molecule has 0 heterocycles. The van der Waals surface area contributed by atoms with E-state index in [2.05, 4.69) is 21.2 Å². The van der Waals surface area contributed by atoms with Gasteiger partial charge < -0.3 is 15.0 Å². The van der Waals surface area contributed by atoms with Crippen LogP contribution in [0.4, 0.5) is 5.69 Å². The zero-order valence-electron chi connectivity index (χ0n) is 24.1. The number of amides is 2. The lowest BCUT2D eigenvalue weighted by Crippen LogP contribution is -2.52. The first-order valence-electron chi connectivity index (χ1n) is 13.6. The van der Waals surface area contributed by atoms with E-state index in [4.69, 9.17) is 4.74 Å². The Balaban J connectivity index is 2.03. The molecule has 0 aliphatic heterocycles. The van der Waals surface area contributed by atoms with Crippen molar-refractivity contribution in [3.05, 3.63) is 88.4 Å².